The summed E-state index contributed by atoms with van der Waals surface area (Å²) >= 11 is 0. The lowest BCUT2D eigenvalue weighted by molar-refractivity contribution is 0.284. The second-order valence-corrected chi connectivity index (χ2v) is 9.47. The molecule has 0 aromatic heterocycles. The number of rotatable bonds is 4. The van der Waals surface area contributed by atoms with Crippen LogP contribution in [-0.2, 0) is 20.0 Å². The highest BCUT2D eigenvalue weighted by Gasteiger charge is 2.31. The minimum Gasteiger partial charge on any atom is -0.314 e. The van der Waals surface area contributed by atoms with E-state index in [1.165, 1.54) is 42.7 Å². The molecule has 0 spiro atoms. The van der Waals surface area contributed by atoms with Crippen LogP contribution in [0.3, 0.4) is 0 Å². The molecule has 0 amide bonds. The molecule has 0 saturated carbocycles. The number of hydrogen-bond donors (Lipinski definition) is 1. The molecule has 1 atom stereocenters. The monoisotopic (exact) mass is 347 g/mol. The summed E-state index contributed by atoms with van der Waals surface area (Å²) in [6, 6.07) is 5.33. The first-order valence-electron chi connectivity index (χ1n) is 6.92. The van der Waals surface area contributed by atoms with Crippen LogP contribution < -0.4 is 5.32 Å². The fourth-order valence-corrected chi connectivity index (χ4v) is 5.02. The van der Waals surface area contributed by atoms with Crippen molar-refractivity contribution in [2.75, 3.05) is 33.7 Å². The Balaban J connectivity index is 2.45. The minimum absolute atomic E-state index is 0.00387. The second kappa shape index (κ2) is 6.25. The Bertz CT molecular complexity index is 744. The lowest BCUT2D eigenvalue weighted by Crippen LogP contribution is -2.52. The van der Waals surface area contributed by atoms with Crippen molar-refractivity contribution in [2.24, 2.45) is 0 Å². The molecule has 124 valence electrons. The van der Waals surface area contributed by atoms with Crippen LogP contribution in [0.25, 0.3) is 0 Å². The summed E-state index contributed by atoms with van der Waals surface area (Å²) in [7, 11) is -4.55. The van der Waals surface area contributed by atoms with E-state index in [-0.39, 0.29) is 15.8 Å². The highest BCUT2D eigenvalue weighted by Crippen LogP contribution is 2.23. The van der Waals surface area contributed by atoms with Gasteiger partial charge < -0.3 is 5.32 Å². The molecule has 2 rings (SSSR count). The first kappa shape index (κ1) is 17.4. The van der Waals surface area contributed by atoms with Crippen molar-refractivity contribution in [3.05, 3.63) is 24.3 Å². The van der Waals surface area contributed by atoms with Gasteiger partial charge in [0.1, 0.15) is 0 Å². The summed E-state index contributed by atoms with van der Waals surface area (Å²) in [4.78, 5) is -0.0227. The maximum absolute atomic E-state index is 12.7. The molecule has 0 bridgehead atoms. The van der Waals surface area contributed by atoms with Crippen LogP contribution in [0.5, 0.6) is 0 Å². The third-order valence-electron chi connectivity index (χ3n) is 3.63. The maximum atomic E-state index is 12.7. The molecule has 7 nitrogen and oxygen atoms in total. The van der Waals surface area contributed by atoms with Crippen molar-refractivity contribution in [1.82, 2.24) is 13.9 Å². The zero-order chi connectivity index (χ0) is 16.5. The largest absolute Gasteiger partial charge is 0.314 e. The predicted octanol–water partition coefficient (Wildman–Crippen LogP) is -0.0807. The van der Waals surface area contributed by atoms with Crippen LogP contribution in [0.4, 0.5) is 0 Å². The molecule has 1 saturated heterocycles. The van der Waals surface area contributed by atoms with Crippen LogP contribution in [0.2, 0.25) is 0 Å². The molecule has 1 aromatic rings. The van der Waals surface area contributed by atoms with E-state index in [2.05, 4.69) is 5.32 Å². The van der Waals surface area contributed by atoms with Gasteiger partial charge in [0, 0.05) is 39.8 Å². The summed E-state index contributed by atoms with van der Waals surface area (Å²) < 4.78 is 52.3. The molecule has 0 radical (unpaired) electrons. The summed E-state index contributed by atoms with van der Waals surface area (Å²) in [5.41, 5.74) is 0. The van der Waals surface area contributed by atoms with Crippen LogP contribution >= 0.6 is 0 Å². The number of benzene rings is 1. The fourth-order valence-electron chi connectivity index (χ4n) is 2.32. The van der Waals surface area contributed by atoms with Gasteiger partial charge >= 0.3 is 0 Å². The number of sulfonamides is 2. The highest BCUT2D eigenvalue weighted by molar-refractivity contribution is 7.90. The number of nitrogens with zero attached hydrogens (tertiary/aromatic N) is 2. The zero-order valence-electron chi connectivity index (χ0n) is 12.9. The van der Waals surface area contributed by atoms with Gasteiger partial charge in [0.2, 0.25) is 20.0 Å². The van der Waals surface area contributed by atoms with Crippen LogP contribution in [0.1, 0.15) is 6.92 Å². The number of nitrogens with one attached hydrogen (secondary N) is 1. The normalized spacial score (nSPS) is 21.2. The molecule has 1 heterocycles. The first-order chi connectivity index (χ1) is 10.2. The van der Waals surface area contributed by atoms with E-state index < -0.39 is 20.0 Å². The average molecular weight is 347 g/mol. The third-order valence-corrected chi connectivity index (χ3v) is 7.45. The van der Waals surface area contributed by atoms with Crippen LogP contribution in [0.15, 0.2) is 34.1 Å². The topological polar surface area (TPSA) is 86.8 Å². The van der Waals surface area contributed by atoms with E-state index in [4.69, 9.17) is 0 Å². The van der Waals surface area contributed by atoms with Crippen molar-refractivity contribution in [3.63, 3.8) is 0 Å². The van der Waals surface area contributed by atoms with E-state index in [1.807, 2.05) is 6.92 Å². The Morgan fingerprint density at radius 3 is 2.41 bits per heavy atom. The lowest BCUT2D eigenvalue weighted by atomic mass is 10.3. The van der Waals surface area contributed by atoms with E-state index in [1.54, 1.807) is 0 Å². The van der Waals surface area contributed by atoms with Crippen molar-refractivity contribution in [3.8, 4) is 0 Å². The van der Waals surface area contributed by atoms with Gasteiger partial charge in [0.25, 0.3) is 0 Å². The number of piperazine rings is 1. The van der Waals surface area contributed by atoms with Gasteiger partial charge in [-0.05, 0) is 25.1 Å². The Hall–Kier alpha value is -1.00. The Kier molecular flexibility index (Phi) is 4.93. The molecule has 9 heteroatoms. The van der Waals surface area contributed by atoms with Gasteiger partial charge in [0.15, 0.2) is 0 Å². The highest BCUT2D eigenvalue weighted by atomic mass is 32.2. The molecule has 0 aliphatic carbocycles. The van der Waals surface area contributed by atoms with Gasteiger partial charge in [-0.25, -0.2) is 21.1 Å². The van der Waals surface area contributed by atoms with Crippen molar-refractivity contribution >= 4 is 20.0 Å². The molecule has 1 N–H and O–H groups in total. The summed E-state index contributed by atoms with van der Waals surface area (Å²) in [5.74, 6) is 0. The molecule has 22 heavy (non-hydrogen) atoms. The molecule has 1 fully saturated rings. The molecule has 1 aliphatic heterocycles. The van der Waals surface area contributed by atoms with Crippen molar-refractivity contribution in [2.45, 2.75) is 22.8 Å². The standard InChI is InChI=1S/C13H21N3O4S2/c1-11-10-14-7-8-16(11)22(19,20)13-6-4-5-12(9-13)21(17,18)15(2)3/h4-6,9,11,14H,7-8,10H2,1-3H3. The van der Waals surface area contributed by atoms with E-state index in [0.717, 1.165) is 4.31 Å². The third kappa shape index (κ3) is 3.18. The predicted molar refractivity (Wildman–Crippen MR) is 83.5 cm³/mol. The van der Waals surface area contributed by atoms with E-state index in [9.17, 15) is 16.8 Å². The Labute approximate surface area is 132 Å². The SMILES string of the molecule is CC1CNCCN1S(=O)(=O)c1cccc(S(=O)(=O)N(C)C)c1. The number of hydrogen-bond acceptors (Lipinski definition) is 5. The average Bonchev–Trinajstić information content (AvgIpc) is 2.47. The Morgan fingerprint density at radius 2 is 1.82 bits per heavy atom. The van der Waals surface area contributed by atoms with Gasteiger partial charge in [0.05, 0.1) is 9.79 Å². The van der Waals surface area contributed by atoms with Gasteiger partial charge in [-0.15, -0.1) is 0 Å². The zero-order valence-corrected chi connectivity index (χ0v) is 14.5. The minimum atomic E-state index is -3.71. The molecule has 1 aromatic carbocycles. The first-order valence-corrected chi connectivity index (χ1v) is 9.80. The van der Waals surface area contributed by atoms with E-state index in [0.29, 0.717) is 19.6 Å². The van der Waals surface area contributed by atoms with E-state index >= 15 is 0 Å². The fraction of sp³-hybridized carbons (Fsp3) is 0.538. The summed E-state index contributed by atoms with van der Waals surface area (Å²) in [5, 5.41) is 3.13. The van der Waals surface area contributed by atoms with Gasteiger partial charge in [-0.3, -0.25) is 0 Å². The molecule has 1 unspecified atom stereocenters. The molecule has 1 aliphatic rings. The maximum Gasteiger partial charge on any atom is 0.243 e. The molecular weight excluding hydrogens is 326 g/mol. The summed E-state index contributed by atoms with van der Waals surface area (Å²) in [6.07, 6.45) is 0. The Morgan fingerprint density at radius 1 is 1.18 bits per heavy atom. The lowest BCUT2D eigenvalue weighted by Gasteiger charge is -2.32. The van der Waals surface area contributed by atoms with Gasteiger partial charge in [-0.1, -0.05) is 6.07 Å². The summed E-state index contributed by atoms with van der Waals surface area (Å²) in [6.45, 7) is 3.35. The van der Waals surface area contributed by atoms with Crippen molar-refractivity contribution in [1.29, 1.82) is 0 Å². The van der Waals surface area contributed by atoms with Crippen LogP contribution in [-0.4, -0.2) is 65.2 Å². The molecular formula is C13H21N3O4S2. The van der Waals surface area contributed by atoms with Gasteiger partial charge in [-0.2, -0.15) is 4.31 Å². The quantitative estimate of drug-likeness (QED) is 0.823. The smallest absolute Gasteiger partial charge is 0.243 e. The van der Waals surface area contributed by atoms with Crippen LogP contribution in [0, 0.1) is 0 Å². The second-order valence-electron chi connectivity index (χ2n) is 5.43. The van der Waals surface area contributed by atoms with Crippen molar-refractivity contribution < 1.29 is 16.8 Å².